The number of halogens is 3. The highest BCUT2D eigenvalue weighted by molar-refractivity contribution is 5.78. The Balaban J connectivity index is 2.14. The number of hydrogen-bond donors (Lipinski definition) is 2. The molecule has 0 aliphatic carbocycles. The van der Waals surface area contributed by atoms with Crippen molar-refractivity contribution in [2.45, 2.75) is 38.9 Å². The maximum Gasteiger partial charge on any atom is 0.416 e. The third-order valence-corrected chi connectivity index (χ3v) is 4.53. The molecule has 0 bridgehead atoms. The molecular formula is C18H19F3N4O2. The Bertz CT molecular complexity index is 1020. The Hall–Kier alpha value is -2.68. The topological polar surface area (TPSA) is 83.8 Å². The van der Waals surface area contributed by atoms with Crippen LogP contribution in [-0.4, -0.2) is 31.5 Å². The van der Waals surface area contributed by atoms with Crippen molar-refractivity contribution in [2.75, 3.05) is 6.61 Å². The van der Waals surface area contributed by atoms with Crippen LogP contribution in [0.5, 0.6) is 0 Å². The summed E-state index contributed by atoms with van der Waals surface area (Å²) in [5, 5.41) is 13.9. The minimum absolute atomic E-state index is 0.224. The van der Waals surface area contributed by atoms with Gasteiger partial charge in [-0.2, -0.15) is 18.3 Å². The van der Waals surface area contributed by atoms with Gasteiger partial charge in [-0.15, -0.1) is 0 Å². The van der Waals surface area contributed by atoms with E-state index in [9.17, 15) is 23.1 Å². The summed E-state index contributed by atoms with van der Waals surface area (Å²) in [4.78, 5) is 19.4. The van der Waals surface area contributed by atoms with Gasteiger partial charge in [-0.1, -0.05) is 19.1 Å². The van der Waals surface area contributed by atoms with E-state index in [2.05, 4.69) is 15.1 Å². The summed E-state index contributed by atoms with van der Waals surface area (Å²) in [7, 11) is 0. The first-order valence-electron chi connectivity index (χ1n) is 8.40. The normalized spacial score (nSPS) is 14.5. The number of aliphatic hydroxyl groups is 1. The summed E-state index contributed by atoms with van der Waals surface area (Å²) in [6.07, 6.45) is -4.40. The van der Waals surface area contributed by atoms with E-state index in [0.717, 1.165) is 12.1 Å². The molecule has 144 valence electrons. The minimum Gasteiger partial charge on any atom is -0.394 e. The average molecular weight is 380 g/mol. The fraction of sp³-hybridized carbons (Fsp3) is 0.389. The first-order valence-corrected chi connectivity index (χ1v) is 8.40. The van der Waals surface area contributed by atoms with Crippen molar-refractivity contribution >= 4 is 11.0 Å². The number of aromatic nitrogens is 4. The number of alkyl halides is 3. The lowest BCUT2D eigenvalue weighted by Gasteiger charge is -2.12. The molecule has 2 heterocycles. The zero-order chi connectivity index (χ0) is 19.9. The molecule has 27 heavy (non-hydrogen) atoms. The second-order valence-corrected chi connectivity index (χ2v) is 6.55. The summed E-state index contributed by atoms with van der Waals surface area (Å²) >= 11 is 0. The maximum absolute atomic E-state index is 12.8. The van der Waals surface area contributed by atoms with Crippen molar-refractivity contribution in [1.29, 1.82) is 0 Å². The van der Waals surface area contributed by atoms with E-state index in [1.165, 1.54) is 16.8 Å². The SMILES string of the molecule is Cc1nc2c([C@H](C)c3ccc(C(F)(F)F)cc3)nn([C@@H](C)CO)c2c(=O)[nH]1. The zero-order valence-corrected chi connectivity index (χ0v) is 15.0. The lowest BCUT2D eigenvalue weighted by molar-refractivity contribution is -0.137. The van der Waals surface area contributed by atoms with E-state index >= 15 is 0 Å². The number of aliphatic hydroxyl groups excluding tert-OH is 1. The molecule has 0 saturated heterocycles. The molecule has 3 aromatic rings. The summed E-state index contributed by atoms with van der Waals surface area (Å²) < 4.78 is 39.8. The standard InChI is InChI=1S/C18H19F3N4O2/c1-9(8-26)25-16-15(22-11(3)23-17(16)27)14(24-25)10(2)12-4-6-13(7-5-12)18(19,20)21/h4-7,9-10,26H,8H2,1-3H3,(H,22,23,27)/t9-,10+/m0/s1. The van der Waals surface area contributed by atoms with Crippen molar-refractivity contribution in [2.24, 2.45) is 0 Å². The highest BCUT2D eigenvalue weighted by Gasteiger charge is 2.30. The first-order chi connectivity index (χ1) is 12.6. The smallest absolute Gasteiger partial charge is 0.394 e. The Labute approximate surface area is 152 Å². The molecule has 2 N–H and O–H groups in total. The quantitative estimate of drug-likeness (QED) is 0.728. The van der Waals surface area contributed by atoms with E-state index in [0.29, 0.717) is 22.6 Å². The molecule has 0 aliphatic heterocycles. The van der Waals surface area contributed by atoms with Crippen LogP contribution in [0.1, 0.15) is 48.5 Å². The number of hydrogen-bond acceptors (Lipinski definition) is 4. The molecule has 0 saturated carbocycles. The molecule has 3 rings (SSSR count). The molecule has 1 aromatic carbocycles. The highest BCUT2D eigenvalue weighted by Crippen LogP contribution is 2.33. The van der Waals surface area contributed by atoms with Gasteiger partial charge in [0.25, 0.3) is 5.56 Å². The van der Waals surface area contributed by atoms with E-state index in [1.807, 2.05) is 0 Å². The van der Waals surface area contributed by atoms with Crippen molar-refractivity contribution in [3.8, 4) is 0 Å². The Morgan fingerprint density at radius 3 is 2.41 bits per heavy atom. The zero-order valence-electron chi connectivity index (χ0n) is 15.0. The van der Waals surface area contributed by atoms with Crippen LogP contribution < -0.4 is 5.56 Å². The third-order valence-electron chi connectivity index (χ3n) is 4.53. The summed E-state index contributed by atoms with van der Waals surface area (Å²) in [6.45, 7) is 4.91. The lowest BCUT2D eigenvalue weighted by Crippen LogP contribution is -2.18. The Morgan fingerprint density at radius 1 is 1.22 bits per heavy atom. The van der Waals surface area contributed by atoms with Gasteiger partial charge < -0.3 is 10.1 Å². The second kappa shape index (κ2) is 6.80. The molecule has 0 unspecified atom stereocenters. The molecule has 9 heteroatoms. The average Bonchev–Trinajstić information content (AvgIpc) is 2.99. The van der Waals surface area contributed by atoms with Crippen LogP contribution in [0, 0.1) is 6.92 Å². The van der Waals surface area contributed by atoms with E-state index in [4.69, 9.17) is 0 Å². The molecule has 0 radical (unpaired) electrons. The molecule has 6 nitrogen and oxygen atoms in total. The molecule has 2 aromatic heterocycles. The molecule has 0 spiro atoms. The summed E-state index contributed by atoms with van der Waals surface area (Å²) in [5.74, 6) is 0.0141. The Morgan fingerprint density at radius 2 is 1.85 bits per heavy atom. The monoisotopic (exact) mass is 380 g/mol. The van der Waals surface area contributed by atoms with Gasteiger partial charge in [0.1, 0.15) is 11.3 Å². The number of nitrogens with one attached hydrogen (secondary N) is 1. The summed E-state index contributed by atoms with van der Waals surface area (Å²) in [6, 6.07) is 4.38. The van der Waals surface area contributed by atoms with Crippen LogP contribution >= 0.6 is 0 Å². The van der Waals surface area contributed by atoms with Gasteiger partial charge in [-0.05, 0) is 31.5 Å². The number of benzene rings is 1. The molecule has 0 amide bonds. The summed E-state index contributed by atoms with van der Waals surface area (Å²) in [5.41, 5.74) is 0.592. The number of rotatable bonds is 4. The molecule has 2 atom stereocenters. The van der Waals surface area contributed by atoms with Gasteiger partial charge in [-0.3, -0.25) is 9.48 Å². The van der Waals surface area contributed by atoms with Gasteiger partial charge in [0.15, 0.2) is 5.52 Å². The van der Waals surface area contributed by atoms with Gasteiger partial charge in [-0.25, -0.2) is 4.98 Å². The first kappa shape index (κ1) is 19.1. The highest BCUT2D eigenvalue weighted by atomic mass is 19.4. The fourth-order valence-electron chi connectivity index (χ4n) is 2.99. The van der Waals surface area contributed by atoms with Gasteiger partial charge in [0.05, 0.1) is 23.9 Å². The minimum atomic E-state index is -4.40. The maximum atomic E-state index is 12.8. The number of fused-ring (bicyclic) bond motifs is 1. The van der Waals surface area contributed by atoms with Crippen LogP contribution in [0.15, 0.2) is 29.1 Å². The van der Waals surface area contributed by atoms with Gasteiger partial charge in [0.2, 0.25) is 0 Å². The predicted octanol–water partition coefficient (Wildman–Crippen LogP) is 3.15. The predicted molar refractivity (Wildman–Crippen MR) is 93.6 cm³/mol. The van der Waals surface area contributed by atoms with E-state index < -0.39 is 23.7 Å². The van der Waals surface area contributed by atoms with Gasteiger partial charge >= 0.3 is 6.18 Å². The van der Waals surface area contributed by atoms with Crippen molar-refractivity contribution in [3.05, 3.63) is 57.3 Å². The van der Waals surface area contributed by atoms with Crippen LogP contribution in [0.4, 0.5) is 13.2 Å². The molecular weight excluding hydrogens is 361 g/mol. The van der Waals surface area contributed by atoms with Crippen molar-refractivity contribution in [3.63, 3.8) is 0 Å². The number of H-pyrrole nitrogens is 1. The Kier molecular flexibility index (Phi) is 4.81. The third kappa shape index (κ3) is 3.46. The van der Waals surface area contributed by atoms with Crippen molar-refractivity contribution in [1.82, 2.24) is 19.7 Å². The van der Waals surface area contributed by atoms with E-state index in [1.54, 1.807) is 20.8 Å². The van der Waals surface area contributed by atoms with E-state index in [-0.39, 0.29) is 17.7 Å². The largest absolute Gasteiger partial charge is 0.416 e. The number of nitrogens with zero attached hydrogens (tertiary/aromatic N) is 3. The second-order valence-electron chi connectivity index (χ2n) is 6.55. The fourth-order valence-corrected chi connectivity index (χ4v) is 2.99. The number of aromatic amines is 1. The van der Waals surface area contributed by atoms with Crippen molar-refractivity contribution < 1.29 is 18.3 Å². The van der Waals surface area contributed by atoms with Gasteiger partial charge in [0, 0.05) is 5.92 Å². The van der Waals surface area contributed by atoms with Crippen LogP contribution in [0.25, 0.3) is 11.0 Å². The molecule has 0 aliphatic rings. The molecule has 0 fully saturated rings. The lowest BCUT2D eigenvalue weighted by atomic mass is 9.96. The number of aryl methyl sites for hydroxylation is 1. The van der Waals surface area contributed by atoms with Crippen LogP contribution in [0.2, 0.25) is 0 Å². The van der Waals surface area contributed by atoms with Crippen LogP contribution in [-0.2, 0) is 6.18 Å². The van der Waals surface area contributed by atoms with Crippen LogP contribution in [0.3, 0.4) is 0 Å².